The van der Waals surface area contributed by atoms with Crippen molar-refractivity contribution < 1.29 is 19.7 Å². The van der Waals surface area contributed by atoms with Gasteiger partial charge in [0.15, 0.2) is 0 Å². The van der Waals surface area contributed by atoms with Gasteiger partial charge in [-0.05, 0) is 51.1 Å². The Morgan fingerprint density at radius 3 is 2.14 bits per heavy atom. The molecule has 0 bridgehead atoms. The van der Waals surface area contributed by atoms with E-state index in [1.165, 1.54) is 6.21 Å². The number of hydrogen-bond acceptors (Lipinski definition) is 5. The minimum atomic E-state index is -0.180. The molecule has 0 radical (unpaired) electrons. The van der Waals surface area contributed by atoms with Crippen LogP contribution in [0.1, 0.15) is 32.8 Å². The van der Waals surface area contributed by atoms with Crippen molar-refractivity contribution in [2.75, 3.05) is 6.61 Å². The summed E-state index contributed by atoms with van der Waals surface area (Å²) in [6, 6.07) is 6.82. The maximum absolute atomic E-state index is 11.0. The lowest BCUT2D eigenvalue weighted by molar-refractivity contribution is -0.143. The van der Waals surface area contributed by atoms with Crippen molar-refractivity contribution in [3.8, 4) is 5.75 Å². The van der Waals surface area contributed by atoms with Crippen molar-refractivity contribution in [2.24, 2.45) is 0 Å². The molecule has 0 heterocycles. The average Bonchev–Trinajstić information content (AvgIpc) is 2.48. The zero-order chi connectivity index (χ0) is 16.5. The summed E-state index contributed by atoms with van der Waals surface area (Å²) < 4.78 is 4.80. The van der Waals surface area contributed by atoms with Crippen LogP contribution < -0.4 is 0 Å². The molecule has 0 saturated carbocycles. The fourth-order valence-corrected chi connectivity index (χ4v) is 1.14. The largest absolute Gasteiger partial charge is 0.516 e. The molecule has 0 fully saturated rings. The van der Waals surface area contributed by atoms with Gasteiger partial charge in [-0.15, -0.1) is 0 Å². The van der Waals surface area contributed by atoms with E-state index in [4.69, 9.17) is 20.4 Å². The summed E-state index contributed by atoms with van der Waals surface area (Å²) in [6.45, 7) is 5.63. The van der Waals surface area contributed by atoms with Crippen LogP contribution in [0.5, 0.6) is 5.75 Å². The molecule has 0 amide bonds. The van der Waals surface area contributed by atoms with Crippen molar-refractivity contribution in [3.05, 3.63) is 42.2 Å². The molecule has 0 aromatic heterocycles. The molecule has 0 aliphatic carbocycles. The number of allylic oxidation sites excluding steroid dienone is 1. The van der Waals surface area contributed by atoms with E-state index in [0.717, 1.165) is 11.8 Å². The fraction of sp³-hybridized carbons (Fsp3) is 0.375. The highest BCUT2D eigenvalue weighted by Crippen LogP contribution is 2.11. The third kappa shape index (κ3) is 15.6. The lowest BCUT2D eigenvalue weighted by Crippen LogP contribution is -2.04. The first kappa shape index (κ1) is 21.0. The van der Waals surface area contributed by atoms with Gasteiger partial charge in [-0.1, -0.05) is 18.2 Å². The highest BCUT2D eigenvalue weighted by atomic mass is 16.5. The van der Waals surface area contributed by atoms with Gasteiger partial charge in [-0.25, -0.2) is 0 Å². The molecule has 0 unspecified atom stereocenters. The van der Waals surface area contributed by atoms with E-state index in [-0.39, 0.29) is 11.7 Å². The van der Waals surface area contributed by atoms with Gasteiger partial charge in [0.1, 0.15) is 5.75 Å². The molecule has 0 spiro atoms. The van der Waals surface area contributed by atoms with E-state index in [1.54, 1.807) is 51.1 Å². The second-order valence-corrected chi connectivity index (χ2v) is 3.74. The Hall–Kier alpha value is -2.30. The number of benzene rings is 1. The first-order chi connectivity index (χ1) is 10.0. The zero-order valence-corrected chi connectivity index (χ0v) is 12.9. The number of phenols is 1. The van der Waals surface area contributed by atoms with Crippen molar-refractivity contribution in [1.82, 2.24) is 0 Å². The SMILES string of the molecule is C/C=C\O.CC=N.CCOC(=O)CCc1ccc(O)cc1. The lowest BCUT2D eigenvalue weighted by Gasteiger charge is -2.02. The van der Waals surface area contributed by atoms with Crippen LogP contribution in [0, 0.1) is 5.41 Å². The van der Waals surface area contributed by atoms with Crippen molar-refractivity contribution in [1.29, 1.82) is 5.41 Å². The normalized spacial score (nSPS) is 8.90. The minimum absolute atomic E-state index is 0.180. The van der Waals surface area contributed by atoms with Crippen LogP contribution in [0.3, 0.4) is 0 Å². The molecular weight excluding hydrogens is 270 g/mol. The van der Waals surface area contributed by atoms with E-state index in [0.29, 0.717) is 19.4 Å². The number of carbonyl (C=O) groups excluding carboxylic acids is 1. The molecule has 118 valence electrons. The van der Waals surface area contributed by atoms with Crippen LogP contribution in [0.15, 0.2) is 36.6 Å². The van der Waals surface area contributed by atoms with Crippen LogP contribution in [0.4, 0.5) is 0 Å². The summed E-state index contributed by atoms with van der Waals surface area (Å²) in [5, 5.41) is 22.8. The molecule has 1 aromatic rings. The van der Waals surface area contributed by atoms with Crippen molar-refractivity contribution >= 4 is 12.2 Å². The maximum Gasteiger partial charge on any atom is 0.306 e. The Morgan fingerprint density at radius 1 is 1.29 bits per heavy atom. The van der Waals surface area contributed by atoms with E-state index in [1.807, 2.05) is 0 Å². The van der Waals surface area contributed by atoms with Crippen molar-refractivity contribution in [2.45, 2.75) is 33.6 Å². The van der Waals surface area contributed by atoms with Crippen LogP contribution in [-0.2, 0) is 16.0 Å². The molecular formula is C16H25NO4. The molecule has 0 aliphatic heterocycles. The summed E-state index contributed by atoms with van der Waals surface area (Å²) >= 11 is 0. The van der Waals surface area contributed by atoms with Crippen molar-refractivity contribution in [3.63, 3.8) is 0 Å². The van der Waals surface area contributed by atoms with E-state index in [9.17, 15) is 4.79 Å². The number of phenolic OH excluding ortho intramolecular Hbond substituents is 1. The number of aryl methyl sites for hydroxylation is 1. The van der Waals surface area contributed by atoms with Gasteiger partial charge in [0.2, 0.25) is 0 Å². The Morgan fingerprint density at radius 2 is 1.76 bits per heavy atom. The summed E-state index contributed by atoms with van der Waals surface area (Å²) in [6.07, 6.45) is 4.84. The van der Waals surface area contributed by atoms with Crippen LogP contribution in [0.25, 0.3) is 0 Å². The van der Waals surface area contributed by atoms with Crippen LogP contribution in [-0.4, -0.2) is 29.0 Å². The number of hydrogen-bond donors (Lipinski definition) is 3. The van der Waals surface area contributed by atoms with E-state index >= 15 is 0 Å². The summed E-state index contributed by atoms with van der Waals surface area (Å²) in [4.78, 5) is 11.0. The lowest BCUT2D eigenvalue weighted by atomic mass is 10.1. The van der Waals surface area contributed by atoms with E-state index in [2.05, 4.69) is 0 Å². The molecule has 0 atom stereocenters. The number of aliphatic hydroxyl groups excluding tert-OH is 1. The summed E-state index contributed by atoms with van der Waals surface area (Å²) in [5.74, 6) is 0.0606. The number of esters is 1. The number of rotatable bonds is 4. The van der Waals surface area contributed by atoms with Crippen LogP contribution >= 0.6 is 0 Å². The fourth-order valence-electron chi connectivity index (χ4n) is 1.14. The topological polar surface area (TPSA) is 90.6 Å². The monoisotopic (exact) mass is 295 g/mol. The molecule has 5 heteroatoms. The number of ether oxygens (including phenoxy) is 1. The summed E-state index contributed by atoms with van der Waals surface area (Å²) in [5.41, 5.74) is 1.02. The second kappa shape index (κ2) is 15.8. The third-order valence-electron chi connectivity index (χ3n) is 2.01. The van der Waals surface area contributed by atoms with Crippen LogP contribution in [0.2, 0.25) is 0 Å². The minimum Gasteiger partial charge on any atom is -0.516 e. The Balaban J connectivity index is 0. The number of carbonyl (C=O) groups is 1. The highest BCUT2D eigenvalue weighted by molar-refractivity contribution is 5.69. The third-order valence-corrected chi connectivity index (χ3v) is 2.01. The molecule has 5 nitrogen and oxygen atoms in total. The Bertz CT molecular complexity index is 395. The highest BCUT2D eigenvalue weighted by Gasteiger charge is 2.01. The smallest absolute Gasteiger partial charge is 0.306 e. The van der Waals surface area contributed by atoms with Gasteiger partial charge >= 0.3 is 5.97 Å². The van der Waals surface area contributed by atoms with E-state index < -0.39 is 0 Å². The van der Waals surface area contributed by atoms with Gasteiger partial charge in [-0.3, -0.25) is 4.79 Å². The number of nitrogens with one attached hydrogen (secondary N) is 1. The number of aromatic hydroxyl groups is 1. The predicted octanol–water partition coefficient (Wildman–Crippen LogP) is 3.62. The second-order valence-electron chi connectivity index (χ2n) is 3.74. The molecule has 21 heavy (non-hydrogen) atoms. The molecule has 1 aromatic carbocycles. The molecule has 3 N–H and O–H groups in total. The Kier molecular flexibility index (Phi) is 15.8. The molecule has 0 saturated heterocycles. The Labute approximate surface area is 126 Å². The number of aliphatic hydroxyl groups is 1. The predicted molar refractivity (Wildman–Crippen MR) is 85.0 cm³/mol. The van der Waals surface area contributed by atoms with Gasteiger partial charge < -0.3 is 20.4 Å². The van der Waals surface area contributed by atoms with Gasteiger partial charge in [0, 0.05) is 6.42 Å². The quantitative estimate of drug-likeness (QED) is 0.449. The molecule has 0 aliphatic rings. The van der Waals surface area contributed by atoms with Gasteiger partial charge in [-0.2, -0.15) is 0 Å². The summed E-state index contributed by atoms with van der Waals surface area (Å²) in [7, 11) is 0. The first-order valence-corrected chi connectivity index (χ1v) is 6.69. The van der Waals surface area contributed by atoms with Gasteiger partial charge in [0.25, 0.3) is 0 Å². The average molecular weight is 295 g/mol. The maximum atomic E-state index is 11.0. The molecule has 1 rings (SSSR count). The zero-order valence-electron chi connectivity index (χ0n) is 12.9. The standard InChI is InChI=1S/C11H14O3.C3H6O.C2H5N/c1-2-14-11(13)8-5-9-3-6-10(12)7-4-9;1-2-3-4;1-2-3/h3-4,6-7,12H,2,5,8H2,1H3;2-4H,1H3;2-3H,1H3/b;3-2-;. The van der Waals surface area contributed by atoms with Gasteiger partial charge in [0.05, 0.1) is 12.9 Å². The first-order valence-electron chi connectivity index (χ1n) is 6.69.